The van der Waals surface area contributed by atoms with Gasteiger partial charge in [0.25, 0.3) is 11.8 Å². The minimum absolute atomic E-state index is 0.0222. The number of thiazole rings is 1. The highest BCUT2D eigenvalue weighted by Gasteiger charge is 2.54. The second kappa shape index (κ2) is 12.4. The zero-order valence-electron chi connectivity index (χ0n) is 21.1. The van der Waals surface area contributed by atoms with Crippen LogP contribution < -0.4 is 27.6 Å². The maximum atomic E-state index is 13.1. The summed E-state index contributed by atoms with van der Waals surface area (Å²) in [5.41, 5.74) is 5.93. The standard InChI is InChI=1S/C21H21N9O8S3/c1-37-23-3-4-29-14(26-27-16(32)18(29)34)10(39)5-8-6-40-19-12(17(33)30(19)13(8)20(35)36)25-15(31)11(28-38-2)9-7-41-21(22)24-9/h3-4,7,12,19,23H,5-6H2,1-2H3,(H2,22,24)(H,25,31)(H,27,32)(H,35,36). The number of carbonyl (C=O) groups excluding carboxylic acids is 2. The van der Waals surface area contributed by atoms with Crippen LogP contribution in [0.25, 0.3) is 6.20 Å². The summed E-state index contributed by atoms with van der Waals surface area (Å²) in [6.45, 7) is 0. The van der Waals surface area contributed by atoms with E-state index in [1.165, 1.54) is 43.8 Å². The number of carboxylic acid groups (broad SMARTS) is 1. The van der Waals surface area contributed by atoms with Crippen molar-refractivity contribution < 1.29 is 29.2 Å². The summed E-state index contributed by atoms with van der Waals surface area (Å²) < 4.78 is 0.877. The normalized spacial score (nSPS) is 18.6. The van der Waals surface area contributed by atoms with Crippen molar-refractivity contribution >= 4 is 75.0 Å². The van der Waals surface area contributed by atoms with Gasteiger partial charge in [-0.1, -0.05) is 17.4 Å². The van der Waals surface area contributed by atoms with Crippen LogP contribution >= 0.6 is 35.3 Å². The second-order valence-electron chi connectivity index (χ2n) is 8.10. The lowest BCUT2D eigenvalue weighted by atomic mass is 10.00. The summed E-state index contributed by atoms with van der Waals surface area (Å²) >= 11 is 7.73. The number of H-pyrrole nitrogens is 1. The van der Waals surface area contributed by atoms with E-state index in [9.17, 15) is 29.1 Å². The molecule has 1 saturated heterocycles. The molecule has 2 aliphatic rings. The highest BCUT2D eigenvalue weighted by molar-refractivity contribution is 8.00. The number of nitrogens with two attached hydrogens (primary N) is 1. The molecule has 0 saturated carbocycles. The van der Waals surface area contributed by atoms with Gasteiger partial charge in [-0.25, -0.2) is 14.9 Å². The van der Waals surface area contributed by atoms with Crippen LogP contribution in [0.15, 0.2) is 37.6 Å². The Labute approximate surface area is 243 Å². The predicted octanol–water partition coefficient (Wildman–Crippen LogP) is -1.55. The molecule has 6 N–H and O–H groups in total. The number of aromatic amines is 1. The number of carboxylic acids is 1. The number of nitrogens with one attached hydrogen (secondary N) is 3. The molecule has 1 fully saturated rings. The van der Waals surface area contributed by atoms with Crippen molar-refractivity contribution in [3.8, 4) is 0 Å². The molecule has 216 valence electrons. The van der Waals surface area contributed by atoms with Crippen molar-refractivity contribution in [2.24, 2.45) is 5.16 Å². The lowest BCUT2D eigenvalue weighted by molar-refractivity contribution is -0.150. The Balaban J connectivity index is 1.57. The Morgan fingerprint density at radius 1 is 1.37 bits per heavy atom. The largest absolute Gasteiger partial charge is 0.477 e. The Kier molecular flexibility index (Phi) is 8.95. The lowest BCUT2D eigenvalue weighted by Gasteiger charge is -2.49. The Morgan fingerprint density at radius 2 is 2.12 bits per heavy atom. The van der Waals surface area contributed by atoms with Gasteiger partial charge in [0, 0.05) is 30.0 Å². The van der Waals surface area contributed by atoms with Gasteiger partial charge >= 0.3 is 17.1 Å². The summed E-state index contributed by atoms with van der Waals surface area (Å²) in [6, 6.07) is -1.06. The van der Waals surface area contributed by atoms with Crippen LogP contribution in [-0.2, 0) is 24.1 Å². The molecule has 20 heteroatoms. The van der Waals surface area contributed by atoms with Crippen LogP contribution in [0.4, 0.5) is 5.13 Å². The smallest absolute Gasteiger partial charge is 0.352 e. The molecule has 4 heterocycles. The maximum absolute atomic E-state index is 13.1. The van der Waals surface area contributed by atoms with Gasteiger partial charge in [-0.3, -0.25) is 39.0 Å². The first-order valence-electron chi connectivity index (χ1n) is 11.3. The van der Waals surface area contributed by atoms with Crippen LogP contribution in [0.1, 0.15) is 17.9 Å². The Morgan fingerprint density at radius 3 is 2.76 bits per heavy atom. The molecule has 2 aromatic rings. The van der Waals surface area contributed by atoms with E-state index in [1.54, 1.807) is 0 Å². The zero-order chi connectivity index (χ0) is 29.8. The summed E-state index contributed by atoms with van der Waals surface area (Å²) in [5, 5.41) is 23.1. The summed E-state index contributed by atoms with van der Waals surface area (Å²) in [5.74, 6) is -2.81. The lowest BCUT2D eigenvalue weighted by Crippen LogP contribution is -2.71. The van der Waals surface area contributed by atoms with Gasteiger partial charge in [-0.2, -0.15) is 5.10 Å². The summed E-state index contributed by atoms with van der Waals surface area (Å²) in [4.78, 5) is 77.0. The SMILES string of the molecule is CON=C(C(=O)NC1C(=O)N2C(C(=O)O)=C(CC(=S)c3n[nH]c(=O)c(=O)n3C=CNOC)CSC12)c1csc(N)n1. The number of carbonyl (C=O) groups is 3. The number of rotatable bonds is 11. The third-order valence-corrected chi connectivity index (χ3v) is 7.98. The highest BCUT2D eigenvalue weighted by Crippen LogP contribution is 2.41. The summed E-state index contributed by atoms with van der Waals surface area (Å²) in [7, 11) is 2.57. The number of aromatic nitrogens is 4. The molecule has 2 unspecified atom stereocenters. The van der Waals surface area contributed by atoms with Crippen molar-refractivity contribution in [1.29, 1.82) is 0 Å². The van der Waals surface area contributed by atoms with Gasteiger partial charge in [0.15, 0.2) is 16.7 Å². The molecular weight excluding hydrogens is 602 g/mol. The fourth-order valence-electron chi connectivity index (χ4n) is 3.91. The molecule has 4 rings (SSSR count). The van der Waals surface area contributed by atoms with Gasteiger partial charge in [0.2, 0.25) is 0 Å². The molecule has 0 spiro atoms. The van der Waals surface area contributed by atoms with Crippen molar-refractivity contribution in [1.82, 2.24) is 35.4 Å². The third kappa shape index (κ3) is 5.89. The molecule has 17 nitrogen and oxygen atoms in total. The van der Waals surface area contributed by atoms with E-state index in [2.05, 4.69) is 36.0 Å². The first-order chi connectivity index (χ1) is 19.6. The van der Waals surface area contributed by atoms with Gasteiger partial charge in [-0.05, 0) is 5.57 Å². The van der Waals surface area contributed by atoms with Crippen molar-refractivity contribution in [3.63, 3.8) is 0 Å². The predicted molar refractivity (Wildman–Crippen MR) is 151 cm³/mol. The van der Waals surface area contributed by atoms with E-state index in [-0.39, 0.29) is 50.7 Å². The minimum Gasteiger partial charge on any atom is -0.477 e. The first-order valence-corrected chi connectivity index (χ1v) is 13.7. The number of nitrogens with zero attached hydrogens (tertiary/aromatic N) is 5. The average molecular weight is 624 g/mol. The number of β-lactam (4-membered cyclic amide) rings is 1. The number of oxime groups is 1. The van der Waals surface area contributed by atoms with Crippen LogP contribution in [0.3, 0.4) is 0 Å². The number of hydrogen-bond acceptors (Lipinski definition) is 15. The van der Waals surface area contributed by atoms with Gasteiger partial charge in [-0.15, -0.1) is 23.1 Å². The van der Waals surface area contributed by atoms with Crippen LogP contribution in [0, 0.1) is 0 Å². The quantitative estimate of drug-likeness (QED) is 0.0476. The fourth-order valence-corrected chi connectivity index (χ4v) is 6.12. The van der Waals surface area contributed by atoms with Crippen LogP contribution in [-0.4, -0.2) is 89.5 Å². The van der Waals surface area contributed by atoms with Crippen molar-refractivity contribution in [3.05, 3.63) is 55.1 Å². The number of fused-ring (bicyclic) bond motifs is 1. The van der Waals surface area contributed by atoms with Crippen molar-refractivity contribution in [2.45, 2.75) is 17.8 Å². The molecule has 2 atom stereocenters. The van der Waals surface area contributed by atoms with E-state index in [4.69, 9.17) is 22.8 Å². The van der Waals surface area contributed by atoms with Gasteiger partial charge < -0.3 is 21.0 Å². The molecular formula is C21H21N9O8S3. The van der Waals surface area contributed by atoms with E-state index >= 15 is 0 Å². The number of hydroxylamine groups is 1. The number of nitrogen functional groups attached to an aromatic ring is 1. The van der Waals surface area contributed by atoms with E-state index in [0.717, 1.165) is 20.8 Å². The first kappa shape index (κ1) is 29.6. The Hall–Kier alpha value is -4.40. The average Bonchev–Trinajstić information content (AvgIpc) is 3.37. The molecule has 0 aliphatic carbocycles. The Bertz CT molecular complexity index is 1630. The molecule has 0 bridgehead atoms. The zero-order valence-corrected chi connectivity index (χ0v) is 23.6. The molecule has 2 aromatic heterocycles. The second-order valence-corrected chi connectivity index (χ2v) is 10.6. The number of amides is 2. The van der Waals surface area contributed by atoms with Gasteiger partial charge in [0.1, 0.15) is 29.9 Å². The third-order valence-electron chi connectivity index (χ3n) is 5.64. The number of hydrogen-bond donors (Lipinski definition) is 5. The fraction of sp³-hybridized carbons (Fsp3) is 0.286. The van der Waals surface area contributed by atoms with Crippen LogP contribution in [0.2, 0.25) is 0 Å². The number of thiocarbonyl (C=S) groups is 1. The van der Waals surface area contributed by atoms with E-state index < -0.39 is 40.3 Å². The van der Waals surface area contributed by atoms with E-state index in [1.807, 2.05) is 0 Å². The molecule has 2 aliphatic heterocycles. The molecule has 2 amide bonds. The highest BCUT2D eigenvalue weighted by atomic mass is 32.2. The molecule has 0 aromatic carbocycles. The summed E-state index contributed by atoms with van der Waals surface area (Å²) in [6.07, 6.45) is 2.22. The number of anilines is 1. The van der Waals surface area contributed by atoms with E-state index in [0.29, 0.717) is 0 Å². The monoisotopic (exact) mass is 623 g/mol. The maximum Gasteiger partial charge on any atom is 0.352 e. The molecule has 0 radical (unpaired) electrons. The van der Waals surface area contributed by atoms with Gasteiger partial charge in [0.05, 0.1) is 12.0 Å². The topological polar surface area (TPSA) is 236 Å². The number of thioether (sulfide) groups is 1. The number of aliphatic carboxylic acids is 1. The molecule has 41 heavy (non-hydrogen) atoms. The minimum atomic E-state index is -1.39. The van der Waals surface area contributed by atoms with Crippen molar-refractivity contribution in [2.75, 3.05) is 25.7 Å². The van der Waals surface area contributed by atoms with Crippen LogP contribution in [0.5, 0.6) is 0 Å².